The Morgan fingerprint density at radius 3 is 2.69 bits per heavy atom. The summed E-state index contributed by atoms with van der Waals surface area (Å²) >= 11 is 0. The van der Waals surface area contributed by atoms with Crippen molar-refractivity contribution in [3.05, 3.63) is 23.7 Å². The molecule has 0 saturated carbocycles. The van der Waals surface area contributed by atoms with Gasteiger partial charge in [0.25, 0.3) is 0 Å². The van der Waals surface area contributed by atoms with Gasteiger partial charge in [-0.1, -0.05) is 0 Å². The average molecular weight is 226 g/mol. The highest BCUT2D eigenvalue weighted by Gasteiger charge is 2.03. The summed E-state index contributed by atoms with van der Waals surface area (Å²) in [5.74, 6) is 0.496. The van der Waals surface area contributed by atoms with Gasteiger partial charge in [-0.15, -0.1) is 0 Å². The van der Waals surface area contributed by atoms with E-state index < -0.39 is 12.0 Å². The number of amides is 2. The Hall–Kier alpha value is -1.98. The van der Waals surface area contributed by atoms with Crippen molar-refractivity contribution in [1.29, 1.82) is 0 Å². The van der Waals surface area contributed by atoms with E-state index in [1.165, 1.54) is 0 Å². The van der Waals surface area contributed by atoms with Crippen LogP contribution in [0.2, 0.25) is 0 Å². The quantitative estimate of drug-likeness (QED) is 0.694. The predicted molar refractivity (Wildman–Crippen MR) is 55.9 cm³/mol. The smallest absolute Gasteiger partial charge is 0.315 e. The molecule has 0 spiro atoms. The number of carbonyl (C=O) groups excluding carboxylic acids is 1. The highest BCUT2D eigenvalue weighted by atomic mass is 16.4. The molecule has 0 aromatic carbocycles. The van der Waals surface area contributed by atoms with Crippen molar-refractivity contribution < 1.29 is 19.1 Å². The van der Waals surface area contributed by atoms with Gasteiger partial charge in [-0.05, 0) is 19.1 Å². The lowest BCUT2D eigenvalue weighted by atomic mass is 10.4. The first kappa shape index (κ1) is 12.1. The van der Waals surface area contributed by atoms with Crippen LogP contribution in [0.3, 0.4) is 0 Å². The van der Waals surface area contributed by atoms with Gasteiger partial charge in [0.15, 0.2) is 0 Å². The lowest BCUT2D eigenvalue weighted by Crippen LogP contribution is -2.36. The van der Waals surface area contributed by atoms with E-state index in [9.17, 15) is 9.59 Å². The summed E-state index contributed by atoms with van der Waals surface area (Å²) in [7, 11) is 0. The molecule has 1 aromatic heterocycles. The summed E-state index contributed by atoms with van der Waals surface area (Å²) < 4.78 is 5.24. The number of rotatable bonds is 5. The van der Waals surface area contributed by atoms with Gasteiger partial charge >= 0.3 is 12.0 Å². The average Bonchev–Trinajstić information content (AvgIpc) is 2.61. The molecule has 0 aliphatic rings. The lowest BCUT2D eigenvalue weighted by molar-refractivity contribution is -0.136. The zero-order valence-electron chi connectivity index (χ0n) is 8.95. The minimum atomic E-state index is -0.943. The minimum Gasteiger partial charge on any atom is -0.481 e. The normalized spacial score (nSPS) is 9.81. The molecule has 88 valence electrons. The van der Waals surface area contributed by atoms with Gasteiger partial charge in [-0.3, -0.25) is 4.79 Å². The van der Waals surface area contributed by atoms with Gasteiger partial charge in [-0.25, -0.2) is 4.79 Å². The number of aryl methyl sites for hydroxylation is 1. The van der Waals surface area contributed by atoms with Crippen molar-refractivity contribution in [2.75, 3.05) is 6.54 Å². The summed E-state index contributed by atoms with van der Waals surface area (Å²) in [6.45, 7) is 2.21. The van der Waals surface area contributed by atoms with Gasteiger partial charge < -0.3 is 20.2 Å². The molecule has 16 heavy (non-hydrogen) atoms. The standard InChI is InChI=1S/C10H14N2O4/c1-7-2-3-8(16-7)6-12-10(15)11-5-4-9(13)14/h2-3H,4-6H2,1H3,(H,13,14)(H2,11,12,15). The first-order valence-corrected chi connectivity index (χ1v) is 4.87. The molecule has 3 N–H and O–H groups in total. The first-order valence-electron chi connectivity index (χ1n) is 4.87. The van der Waals surface area contributed by atoms with Crippen LogP contribution in [0.5, 0.6) is 0 Å². The van der Waals surface area contributed by atoms with Crippen LogP contribution in [-0.4, -0.2) is 23.7 Å². The van der Waals surface area contributed by atoms with E-state index in [-0.39, 0.29) is 19.5 Å². The van der Waals surface area contributed by atoms with Gasteiger partial charge in [0.05, 0.1) is 13.0 Å². The maximum absolute atomic E-state index is 11.1. The molecule has 0 aliphatic heterocycles. The molecule has 1 heterocycles. The monoisotopic (exact) mass is 226 g/mol. The highest BCUT2D eigenvalue weighted by Crippen LogP contribution is 2.04. The highest BCUT2D eigenvalue weighted by molar-refractivity contribution is 5.74. The number of nitrogens with one attached hydrogen (secondary N) is 2. The summed E-state index contributed by atoms with van der Waals surface area (Å²) in [6.07, 6.45) is -0.0900. The van der Waals surface area contributed by atoms with Crippen LogP contribution in [0.4, 0.5) is 4.79 Å². The van der Waals surface area contributed by atoms with Gasteiger partial charge in [0.1, 0.15) is 11.5 Å². The van der Waals surface area contributed by atoms with Crippen LogP contribution in [-0.2, 0) is 11.3 Å². The maximum Gasteiger partial charge on any atom is 0.315 e. The van der Waals surface area contributed by atoms with E-state index in [4.69, 9.17) is 9.52 Å². The van der Waals surface area contributed by atoms with Crippen LogP contribution in [0.25, 0.3) is 0 Å². The molecule has 6 heteroatoms. The Balaban J connectivity index is 2.17. The third-order valence-corrected chi connectivity index (χ3v) is 1.84. The third-order valence-electron chi connectivity index (χ3n) is 1.84. The lowest BCUT2D eigenvalue weighted by Gasteiger charge is -2.04. The van der Waals surface area contributed by atoms with Crippen LogP contribution < -0.4 is 10.6 Å². The second-order valence-electron chi connectivity index (χ2n) is 3.27. The van der Waals surface area contributed by atoms with Crippen LogP contribution in [0.15, 0.2) is 16.5 Å². The van der Waals surface area contributed by atoms with E-state index in [1.807, 2.05) is 6.92 Å². The first-order chi connectivity index (χ1) is 7.58. The molecular weight excluding hydrogens is 212 g/mol. The van der Waals surface area contributed by atoms with Crippen molar-refractivity contribution in [2.24, 2.45) is 0 Å². The van der Waals surface area contributed by atoms with E-state index in [2.05, 4.69) is 10.6 Å². The van der Waals surface area contributed by atoms with Crippen molar-refractivity contribution >= 4 is 12.0 Å². The number of hydrogen-bond acceptors (Lipinski definition) is 3. The van der Waals surface area contributed by atoms with E-state index in [0.29, 0.717) is 5.76 Å². The Bertz CT molecular complexity index is 373. The maximum atomic E-state index is 11.1. The van der Waals surface area contributed by atoms with Crippen molar-refractivity contribution in [3.63, 3.8) is 0 Å². The molecule has 0 aliphatic carbocycles. The fraction of sp³-hybridized carbons (Fsp3) is 0.400. The number of urea groups is 1. The number of hydrogen-bond donors (Lipinski definition) is 3. The Morgan fingerprint density at radius 1 is 1.38 bits per heavy atom. The van der Waals surface area contributed by atoms with Gasteiger partial charge in [-0.2, -0.15) is 0 Å². The van der Waals surface area contributed by atoms with E-state index in [0.717, 1.165) is 5.76 Å². The number of carbonyl (C=O) groups is 2. The molecule has 0 radical (unpaired) electrons. The Labute approximate surface area is 92.6 Å². The van der Waals surface area contributed by atoms with Crippen LogP contribution in [0.1, 0.15) is 17.9 Å². The van der Waals surface area contributed by atoms with Crippen molar-refractivity contribution in [2.45, 2.75) is 19.9 Å². The summed E-state index contributed by atoms with van der Waals surface area (Å²) in [5, 5.41) is 13.3. The summed E-state index contributed by atoms with van der Waals surface area (Å²) in [6, 6.07) is 3.17. The molecule has 1 aromatic rings. The second kappa shape index (κ2) is 5.79. The molecule has 2 amide bonds. The van der Waals surface area contributed by atoms with E-state index >= 15 is 0 Å². The molecule has 1 rings (SSSR count). The number of furan rings is 1. The predicted octanol–water partition coefficient (Wildman–Crippen LogP) is 0.862. The summed E-state index contributed by atoms with van der Waals surface area (Å²) in [5.41, 5.74) is 0. The minimum absolute atomic E-state index is 0.0900. The SMILES string of the molecule is Cc1ccc(CNC(=O)NCCC(=O)O)o1. The van der Waals surface area contributed by atoms with Crippen molar-refractivity contribution in [3.8, 4) is 0 Å². The third kappa shape index (κ3) is 4.50. The fourth-order valence-electron chi connectivity index (χ4n) is 1.09. The van der Waals surface area contributed by atoms with Crippen LogP contribution in [0, 0.1) is 6.92 Å². The molecule has 0 atom stereocenters. The zero-order valence-corrected chi connectivity index (χ0v) is 8.95. The molecule has 0 fully saturated rings. The van der Waals surface area contributed by atoms with Gasteiger partial charge in [0.2, 0.25) is 0 Å². The summed E-state index contributed by atoms with van der Waals surface area (Å²) in [4.78, 5) is 21.3. The van der Waals surface area contributed by atoms with Gasteiger partial charge in [0, 0.05) is 6.54 Å². The molecular formula is C10H14N2O4. The Kier molecular flexibility index (Phi) is 4.38. The molecule has 0 unspecified atom stereocenters. The van der Waals surface area contributed by atoms with Crippen LogP contribution >= 0.6 is 0 Å². The number of aliphatic carboxylic acids is 1. The topological polar surface area (TPSA) is 91.6 Å². The molecule has 6 nitrogen and oxygen atoms in total. The van der Waals surface area contributed by atoms with Crippen molar-refractivity contribution in [1.82, 2.24) is 10.6 Å². The van der Waals surface area contributed by atoms with E-state index in [1.54, 1.807) is 12.1 Å². The largest absolute Gasteiger partial charge is 0.481 e. The fourth-order valence-corrected chi connectivity index (χ4v) is 1.09. The molecule has 0 bridgehead atoms. The molecule has 0 saturated heterocycles. The Morgan fingerprint density at radius 2 is 2.12 bits per heavy atom. The zero-order chi connectivity index (χ0) is 12.0. The number of carboxylic acids is 1. The second-order valence-corrected chi connectivity index (χ2v) is 3.27. The number of carboxylic acid groups (broad SMARTS) is 1.